The summed E-state index contributed by atoms with van der Waals surface area (Å²) >= 11 is 0. The lowest BCUT2D eigenvalue weighted by Crippen LogP contribution is -2.53. The molecule has 10 aromatic rings. The minimum absolute atomic E-state index is 0.303. The van der Waals surface area contributed by atoms with Crippen molar-refractivity contribution in [2.75, 3.05) is 0 Å². The third-order valence-corrected chi connectivity index (χ3v) is 11.1. The van der Waals surface area contributed by atoms with Crippen LogP contribution < -0.4 is 20.3 Å². The zero-order valence-corrected chi connectivity index (χ0v) is 28.4. The molecule has 246 valence electrons. The van der Waals surface area contributed by atoms with Gasteiger partial charge in [0, 0.05) is 43.7 Å². The summed E-state index contributed by atoms with van der Waals surface area (Å²) in [6.07, 6.45) is 0. The number of furan rings is 1. The van der Waals surface area contributed by atoms with Gasteiger partial charge in [-0.1, -0.05) is 109 Å². The van der Waals surface area contributed by atoms with Crippen LogP contribution in [0.4, 0.5) is 0 Å². The lowest BCUT2D eigenvalue weighted by Gasteiger charge is -2.33. The zero-order valence-electron chi connectivity index (χ0n) is 28.4. The Labute approximate surface area is 305 Å². The lowest BCUT2D eigenvalue weighted by atomic mass is 9.50. The minimum Gasteiger partial charge on any atom is -0.551 e. The molecule has 2 aliphatic heterocycles. The van der Waals surface area contributed by atoms with Crippen molar-refractivity contribution >= 4 is 61.6 Å². The highest BCUT2D eigenvalue weighted by Gasteiger charge is 2.40. The highest BCUT2D eigenvalue weighted by molar-refractivity contribution is 6.84. The second kappa shape index (κ2) is 10.8. The van der Waals surface area contributed by atoms with Crippen LogP contribution in [-0.2, 0) is 0 Å². The first kappa shape index (κ1) is 28.7. The predicted molar refractivity (Wildman–Crippen MR) is 217 cm³/mol. The van der Waals surface area contributed by atoms with Gasteiger partial charge in [0.25, 0.3) is 0 Å². The van der Waals surface area contributed by atoms with E-state index >= 15 is 0 Å². The summed E-state index contributed by atoms with van der Waals surface area (Å²) in [5.41, 5.74) is 14.0. The van der Waals surface area contributed by atoms with Crippen molar-refractivity contribution in [3.63, 3.8) is 0 Å². The van der Waals surface area contributed by atoms with Gasteiger partial charge in [0.15, 0.2) is 0 Å². The molecular formula is C48H28BNO3. The van der Waals surface area contributed by atoms with Crippen molar-refractivity contribution in [3.8, 4) is 56.3 Å². The molecule has 0 saturated carbocycles. The monoisotopic (exact) mass is 677 g/mol. The Hall–Kier alpha value is -6.98. The van der Waals surface area contributed by atoms with Gasteiger partial charge < -0.3 is 18.4 Å². The molecule has 8 aromatic carbocycles. The second-order valence-electron chi connectivity index (χ2n) is 14.0. The van der Waals surface area contributed by atoms with Gasteiger partial charge in [0.2, 0.25) is 0 Å². The number of hydrogen-bond donors (Lipinski definition) is 0. The molecule has 0 radical (unpaired) electrons. The van der Waals surface area contributed by atoms with E-state index < -0.39 is 0 Å². The molecule has 0 fully saturated rings. The molecule has 5 heteroatoms. The normalized spacial score (nSPS) is 12.8. The number of aromatic nitrogens is 1. The van der Waals surface area contributed by atoms with Gasteiger partial charge in [0.1, 0.15) is 28.4 Å². The topological polar surface area (TPSA) is 36.5 Å². The lowest BCUT2D eigenvalue weighted by molar-refractivity contribution is 0.479. The minimum atomic E-state index is -0.303. The second-order valence-corrected chi connectivity index (χ2v) is 14.0. The van der Waals surface area contributed by atoms with Crippen molar-refractivity contribution < 1.29 is 13.8 Å². The molecule has 4 nitrogen and oxygen atoms in total. The molecule has 0 unspecified atom stereocenters. The number of fused-ring (bicyclic) bond motifs is 10. The van der Waals surface area contributed by atoms with Crippen molar-refractivity contribution in [2.45, 2.75) is 0 Å². The van der Waals surface area contributed by atoms with E-state index in [9.17, 15) is 0 Å². The summed E-state index contributed by atoms with van der Waals surface area (Å²) < 4.78 is 22.1. The van der Waals surface area contributed by atoms with Crippen LogP contribution in [0.15, 0.2) is 174 Å². The van der Waals surface area contributed by atoms with Crippen molar-refractivity contribution in [3.05, 3.63) is 170 Å². The molecule has 0 aliphatic carbocycles. The first-order valence-electron chi connectivity index (χ1n) is 18.0. The maximum atomic E-state index is 7.00. The first-order valence-corrected chi connectivity index (χ1v) is 18.0. The van der Waals surface area contributed by atoms with Crippen LogP contribution in [0.5, 0.6) is 17.2 Å². The summed E-state index contributed by atoms with van der Waals surface area (Å²) in [5, 5.41) is 4.77. The Bertz CT molecular complexity index is 3080. The third kappa shape index (κ3) is 4.19. The van der Waals surface area contributed by atoms with Crippen LogP contribution in [0.2, 0.25) is 0 Å². The summed E-state index contributed by atoms with van der Waals surface area (Å²) in [7, 11) is 0. The Kier molecular flexibility index (Phi) is 5.83. The summed E-state index contributed by atoms with van der Waals surface area (Å²) in [6, 6.07) is 60.0. The molecule has 0 amide bonds. The fourth-order valence-corrected chi connectivity index (χ4v) is 8.62. The number of rotatable bonds is 3. The number of ether oxygens (including phenoxy) is 1. The maximum Gasteiger partial charge on any atom is 0.434 e. The molecule has 12 rings (SSSR count). The Balaban J connectivity index is 0.926. The van der Waals surface area contributed by atoms with E-state index in [1.807, 2.05) is 18.2 Å². The van der Waals surface area contributed by atoms with Crippen molar-refractivity contribution in [1.82, 2.24) is 4.57 Å². The zero-order chi connectivity index (χ0) is 34.6. The van der Waals surface area contributed by atoms with E-state index in [1.54, 1.807) is 0 Å². The van der Waals surface area contributed by atoms with Crippen LogP contribution in [0.25, 0.3) is 82.8 Å². The fraction of sp³-hybridized carbons (Fsp3) is 0. The number of benzene rings is 8. The molecule has 0 N–H and O–H groups in total. The molecule has 53 heavy (non-hydrogen) atoms. The van der Waals surface area contributed by atoms with Gasteiger partial charge in [-0.05, 0) is 88.5 Å². The average Bonchev–Trinajstić information content (AvgIpc) is 3.76. The fourth-order valence-electron chi connectivity index (χ4n) is 8.62. The Morgan fingerprint density at radius 2 is 1.08 bits per heavy atom. The van der Waals surface area contributed by atoms with E-state index in [4.69, 9.17) is 13.8 Å². The third-order valence-electron chi connectivity index (χ3n) is 11.1. The first-order chi connectivity index (χ1) is 26.2. The van der Waals surface area contributed by atoms with Crippen LogP contribution in [0.3, 0.4) is 0 Å². The van der Waals surface area contributed by atoms with Gasteiger partial charge in [0.05, 0.1) is 11.0 Å². The summed E-state index contributed by atoms with van der Waals surface area (Å²) in [6.45, 7) is -0.303. The highest BCUT2D eigenvalue weighted by atomic mass is 16.5. The Morgan fingerprint density at radius 1 is 0.415 bits per heavy atom. The van der Waals surface area contributed by atoms with E-state index in [-0.39, 0.29) is 6.92 Å². The number of hydrogen-bond acceptors (Lipinski definition) is 3. The molecule has 0 bridgehead atoms. The average molecular weight is 678 g/mol. The van der Waals surface area contributed by atoms with Crippen LogP contribution in [0.1, 0.15) is 0 Å². The van der Waals surface area contributed by atoms with Crippen molar-refractivity contribution in [1.29, 1.82) is 0 Å². The number of nitrogens with zero attached hydrogens (tertiary/aromatic N) is 1. The van der Waals surface area contributed by atoms with Gasteiger partial charge in [-0.25, -0.2) is 0 Å². The molecule has 0 saturated heterocycles. The predicted octanol–water partition coefficient (Wildman–Crippen LogP) is 11.3. The highest BCUT2D eigenvalue weighted by Crippen LogP contribution is 2.42. The van der Waals surface area contributed by atoms with Crippen molar-refractivity contribution in [2.24, 2.45) is 0 Å². The summed E-state index contributed by atoms with van der Waals surface area (Å²) in [4.78, 5) is 0. The van der Waals surface area contributed by atoms with E-state index in [0.717, 1.165) is 89.2 Å². The van der Waals surface area contributed by atoms with Crippen LogP contribution in [-0.4, -0.2) is 11.5 Å². The standard InChI is InChI=1S/C48H28BNO3/c1-4-12-41-34(8-1)35-9-2-5-13-42(35)50(41)33-21-16-29(17-22-33)30-20-25-44-40(26-30)49-48-39(11-7-15-45(48)52-44)38-24-19-32(28-47(38)53-49)31-18-23-37-36-10-3-6-14-43(36)51-46(37)27-31/h1-28H. The van der Waals surface area contributed by atoms with E-state index in [1.165, 1.54) is 21.8 Å². The summed E-state index contributed by atoms with van der Waals surface area (Å²) in [5.74, 6) is 2.52. The van der Waals surface area contributed by atoms with Gasteiger partial charge in [-0.3, -0.25) is 0 Å². The molecular weight excluding hydrogens is 649 g/mol. The van der Waals surface area contributed by atoms with Gasteiger partial charge in [-0.2, -0.15) is 0 Å². The molecule has 0 spiro atoms. The quantitative estimate of drug-likeness (QED) is 0.175. The molecule has 4 heterocycles. The number of para-hydroxylation sites is 3. The molecule has 2 aromatic heterocycles. The van der Waals surface area contributed by atoms with E-state index in [2.05, 4.69) is 156 Å². The molecule has 2 aliphatic rings. The van der Waals surface area contributed by atoms with E-state index in [0.29, 0.717) is 0 Å². The Morgan fingerprint density at radius 3 is 1.91 bits per heavy atom. The smallest absolute Gasteiger partial charge is 0.434 e. The maximum absolute atomic E-state index is 7.00. The van der Waals surface area contributed by atoms with Crippen LogP contribution >= 0.6 is 0 Å². The van der Waals surface area contributed by atoms with Gasteiger partial charge >= 0.3 is 6.92 Å². The SMILES string of the molecule is c1cc2c3c(c1)-c1ccc(-c4ccc5c(c4)oc4ccccc45)cc1OB3c1cc(-c3ccc(-n4c5ccccc5c5ccccc54)cc3)ccc1O2. The van der Waals surface area contributed by atoms with Gasteiger partial charge in [-0.15, -0.1) is 0 Å². The van der Waals surface area contributed by atoms with Crippen LogP contribution in [0, 0.1) is 0 Å². The largest absolute Gasteiger partial charge is 0.551 e. The molecule has 0 atom stereocenters.